The van der Waals surface area contributed by atoms with Crippen molar-refractivity contribution in [2.24, 2.45) is 5.73 Å². The largest absolute Gasteiger partial charge is 0.329 e. The average molecular weight is 276 g/mol. The number of aromatic nitrogens is 1. The van der Waals surface area contributed by atoms with Crippen molar-refractivity contribution in [2.45, 2.75) is 13.1 Å². The van der Waals surface area contributed by atoms with Crippen molar-refractivity contribution >= 4 is 11.6 Å². The van der Waals surface area contributed by atoms with Gasteiger partial charge in [-0.25, -0.2) is 0 Å². The van der Waals surface area contributed by atoms with E-state index in [1.807, 2.05) is 24.3 Å². The summed E-state index contributed by atoms with van der Waals surface area (Å²) in [7, 11) is 0. The lowest BCUT2D eigenvalue weighted by Gasteiger charge is -2.21. The predicted octanol–water partition coefficient (Wildman–Crippen LogP) is 2.70. The van der Waals surface area contributed by atoms with Gasteiger partial charge in [0.25, 0.3) is 0 Å². The number of nitrogens with zero attached hydrogens (tertiary/aromatic N) is 2. The molecule has 1 aromatic carbocycles. The minimum atomic E-state index is 0.632. The number of hydrogen-bond acceptors (Lipinski definition) is 3. The number of hydrogen-bond donors (Lipinski definition) is 1. The van der Waals surface area contributed by atoms with Crippen LogP contribution in [-0.2, 0) is 13.1 Å². The molecule has 0 aliphatic rings. The maximum atomic E-state index is 5.98. The molecule has 0 fully saturated rings. The van der Waals surface area contributed by atoms with E-state index in [0.29, 0.717) is 6.54 Å². The zero-order chi connectivity index (χ0) is 13.5. The van der Waals surface area contributed by atoms with Gasteiger partial charge in [0.05, 0.1) is 5.69 Å². The van der Waals surface area contributed by atoms with Gasteiger partial charge in [0.1, 0.15) is 0 Å². The highest BCUT2D eigenvalue weighted by atomic mass is 35.5. The highest BCUT2D eigenvalue weighted by molar-refractivity contribution is 6.30. The van der Waals surface area contributed by atoms with E-state index in [1.54, 1.807) is 12.3 Å². The Labute approximate surface area is 119 Å². The number of rotatable bonds is 6. The molecule has 0 aliphatic heterocycles. The van der Waals surface area contributed by atoms with Gasteiger partial charge < -0.3 is 5.73 Å². The monoisotopic (exact) mass is 275 g/mol. The molecular formula is C15H18ClN3. The minimum Gasteiger partial charge on any atom is -0.329 e. The molecule has 19 heavy (non-hydrogen) atoms. The first-order chi connectivity index (χ1) is 9.28. The molecule has 2 rings (SSSR count). The first-order valence-corrected chi connectivity index (χ1v) is 6.72. The Morgan fingerprint density at radius 2 is 1.89 bits per heavy atom. The molecule has 0 bridgehead atoms. The lowest BCUT2D eigenvalue weighted by molar-refractivity contribution is 0.261. The number of pyridine rings is 1. The van der Waals surface area contributed by atoms with E-state index in [9.17, 15) is 0 Å². The summed E-state index contributed by atoms with van der Waals surface area (Å²) in [5.41, 5.74) is 7.92. The molecule has 1 aromatic heterocycles. The first-order valence-electron chi connectivity index (χ1n) is 6.34. The minimum absolute atomic E-state index is 0.632. The van der Waals surface area contributed by atoms with E-state index in [-0.39, 0.29) is 0 Å². The molecule has 100 valence electrons. The molecule has 3 nitrogen and oxygen atoms in total. The quantitative estimate of drug-likeness (QED) is 0.881. The van der Waals surface area contributed by atoms with Crippen LogP contribution < -0.4 is 5.73 Å². The van der Waals surface area contributed by atoms with Gasteiger partial charge in [-0.2, -0.15) is 0 Å². The Hall–Kier alpha value is -1.42. The predicted molar refractivity (Wildman–Crippen MR) is 78.9 cm³/mol. The molecule has 0 spiro atoms. The molecule has 1 heterocycles. The summed E-state index contributed by atoms with van der Waals surface area (Å²) >= 11 is 5.98. The van der Waals surface area contributed by atoms with Gasteiger partial charge in [-0.15, -0.1) is 0 Å². The topological polar surface area (TPSA) is 42.1 Å². The van der Waals surface area contributed by atoms with E-state index < -0.39 is 0 Å². The summed E-state index contributed by atoms with van der Waals surface area (Å²) in [5.74, 6) is 0. The van der Waals surface area contributed by atoms with Gasteiger partial charge in [-0.05, 0) is 17.7 Å². The van der Waals surface area contributed by atoms with Gasteiger partial charge in [0, 0.05) is 37.4 Å². The summed E-state index contributed by atoms with van der Waals surface area (Å²) in [4.78, 5) is 6.61. The van der Waals surface area contributed by atoms with Crippen molar-refractivity contribution in [3.63, 3.8) is 0 Å². The highest BCUT2D eigenvalue weighted by Crippen LogP contribution is 2.12. The van der Waals surface area contributed by atoms with Crippen LogP contribution in [0.4, 0.5) is 0 Å². The van der Waals surface area contributed by atoms with E-state index in [0.717, 1.165) is 30.4 Å². The fraction of sp³-hybridized carbons (Fsp3) is 0.267. The number of halogens is 1. The lowest BCUT2D eigenvalue weighted by atomic mass is 10.2. The third-order valence-electron chi connectivity index (χ3n) is 2.86. The number of benzene rings is 1. The Morgan fingerprint density at radius 3 is 2.58 bits per heavy atom. The SMILES string of the molecule is NCCN(Cc1ccccc1)Cc1cc(Cl)ccn1. The molecule has 0 saturated carbocycles. The third-order valence-corrected chi connectivity index (χ3v) is 3.09. The lowest BCUT2D eigenvalue weighted by Crippen LogP contribution is -2.29. The van der Waals surface area contributed by atoms with Crippen molar-refractivity contribution < 1.29 is 0 Å². The van der Waals surface area contributed by atoms with Crippen LogP contribution in [0.5, 0.6) is 0 Å². The second kappa shape index (κ2) is 7.24. The summed E-state index contributed by atoms with van der Waals surface area (Å²) in [6.07, 6.45) is 1.74. The summed E-state index contributed by atoms with van der Waals surface area (Å²) in [6.45, 7) is 3.09. The van der Waals surface area contributed by atoms with Gasteiger partial charge >= 0.3 is 0 Å². The first kappa shape index (κ1) is 14.0. The maximum absolute atomic E-state index is 5.98. The molecule has 0 amide bonds. The van der Waals surface area contributed by atoms with Crippen molar-refractivity contribution in [1.82, 2.24) is 9.88 Å². The molecule has 2 aromatic rings. The van der Waals surface area contributed by atoms with Crippen LogP contribution in [0.25, 0.3) is 0 Å². The van der Waals surface area contributed by atoms with Crippen LogP contribution in [0.15, 0.2) is 48.7 Å². The Morgan fingerprint density at radius 1 is 1.11 bits per heavy atom. The van der Waals surface area contributed by atoms with E-state index in [1.165, 1.54) is 5.56 Å². The zero-order valence-corrected chi connectivity index (χ0v) is 11.6. The van der Waals surface area contributed by atoms with Gasteiger partial charge in [0.15, 0.2) is 0 Å². The van der Waals surface area contributed by atoms with Crippen LogP contribution in [0.1, 0.15) is 11.3 Å². The molecule has 0 aliphatic carbocycles. The molecule has 0 saturated heterocycles. The smallest absolute Gasteiger partial charge is 0.0558 e. The van der Waals surface area contributed by atoms with E-state index in [2.05, 4.69) is 22.0 Å². The fourth-order valence-corrected chi connectivity index (χ4v) is 2.18. The summed E-state index contributed by atoms with van der Waals surface area (Å²) in [6, 6.07) is 14.0. The normalized spacial score (nSPS) is 10.9. The second-order valence-electron chi connectivity index (χ2n) is 4.45. The van der Waals surface area contributed by atoms with Crippen LogP contribution in [0.3, 0.4) is 0 Å². The van der Waals surface area contributed by atoms with E-state index in [4.69, 9.17) is 17.3 Å². The van der Waals surface area contributed by atoms with Crippen molar-refractivity contribution in [2.75, 3.05) is 13.1 Å². The fourth-order valence-electron chi connectivity index (χ4n) is 2.00. The highest BCUT2D eigenvalue weighted by Gasteiger charge is 2.07. The standard InChI is InChI=1S/C15H18ClN3/c16-14-6-8-18-15(10-14)12-19(9-7-17)11-13-4-2-1-3-5-13/h1-6,8,10H,7,9,11-12,17H2. The van der Waals surface area contributed by atoms with Crippen LogP contribution in [-0.4, -0.2) is 23.0 Å². The maximum Gasteiger partial charge on any atom is 0.0558 e. The van der Waals surface area contributed by atoms with E-state index >= 15 is 0 Å². The Bertz CT molecular complexity index is 502. The number of nitrogens with two attached hydrogens (primary N) is 1. The van der Waals surface area contributed by atoms with Crippen molar-refractivity contribution in [3.05, 3.63) is 64.9 Å². The van der Waals surface area contributed by atoms with Gasteiger partial charge in [-0.1, -0.05) is 41.9 Å². The molecule has 2 N–H and O–H groups in total. The summed E-state index contributed by atoms with van der Waals surface area (Å²) in [5, 5.41) is 0.720. The summed E-state index contributed by atoms with van der Waals surface area (Å²) < 4.78 is 0. The van der Waals surface area contributed by atoms with Crippen LogP contribution >= 0.6 is 11.6 Å². The van der Waals surface area contributed by atoms with Gasteiger partial charge in [0.2, 0.25) is 0 Å². The Balaban J connectivity index is 2.04. The molecule has 0 radical (unpaired) electrons. The third kappa shape index (κ3) is 4.63. The molecule has 0 unspecified atom stereocenters. The van der Waals surface area contributed by atoms with Gasteiger partial charge in [-0.3, -0.25) is 9.88 Å². The molecule has 0 atom stereocenters. The second-order valence-corrected chi connectivity index (χ2v) is 4.89. The van der Waals surface area contributed by atoms with Crippen LogP contribution in [0, 0.1) is 0 Å². The Kier molecular flexibility index (Phi) is 5.33. The molecule has 4 heteroatoms. The zero-order valence-electron chi connectivity index (χ0n) is 10.8. The van der Waals surface area contributed by atoms with Crippen molar-refractivity contribution in [1.29, 1.82) is 0 Å². The van der Waals surface area contributed by atoms with Crippen LogP contribution in [0.2, 0.25) is 5.02 Å². The van der Waals surface area contributed by atoms with Crippen molar-refractivity contribution in [3.8, 4) is 0 Å². The molecular weight excluding hydrogens is 258 g/mol. The average Bonchev–Trinajstić information content (AvgIpc) is 2.40.